The lowest BCUT2D eigenvalue weighted by molar-refractivity contribution is -0.129. The van der Waals surface area contributed by atoms with Crippen LogP contribution >= 0.6 is 0 Å². The predicted molar refractivity (Wildman–Crippen MR) is 109 cm³/mol. The zero-order valence-corrected chi connectivity index (χ0v) is 17.2. The lowest BCUT2D eigenvalue weighted by Crippen LogP contribution is -2.45. The van der Waals surface area contributed by atoms with E-state index in [-0.39, 0.29) is 17.6 Å². The van der Waals surface area contributed by atoms with Gasteiger partial charge in [0.05, 0.1) is 13.2 Å². The summed E-state index contributed by atoms with van der Waals surface area (Å²) in [6, 6.07) is 13.3. The van der Waals surface area contributed by atoms with Crippen molar-refractivity contribution in [3.63, 3.8) is 0 Å². The largest absolute Gasteiger partial charge is 0.497 e. The van der Waals surface area contributed by atoms with Crippen LogP contribution in [0.15, 0.2) is 42.5 Å². The van der Waals surface area contributed by atoms with E-state index in [1.165, 1.54) is 0 Å². The standard InChI is InChI=1S/C23H29NO4/c1-6-20(27-17-9-7-8-16(13-17)26-5)22(25)24-19-14-23(3,4)28-21-11-10-15(2)12-18(19)21/h7-13,19-20H,6,14H2,1-5H3,(H,24,25)/t19-,20-/m0/s1. The van der Waals surface area contributed by atoms with Crippen LogP contribution in [0.4, 0.5) is 0 Å². The zero-order valence-electron chi connectivity index (χ0n) is 17.2. The van der Waals surface area contributed by atoms with Gasteiger partial charge in [-0.05, 0) is 45.4 Å². The maximum absolute atomic E-state index is 13.0. The van der Waals surface area contributed by atoms with Crippen molar-refractivity contribution in [3.8, 4) is 17.2 Å². The molecule has 0 unspecified atom stereocenters. The van der Waals surface area contributed by atoms with Gasteiger partial charge in [0.2, 0.25) is 0 Å². The maximum Gasteiger partial charge on any atom is 0.261 e. The van der Waals surface area contributed by atoms with Gasteiger partial charge < -0.3 is 19.5 Å². The smallest absolute Gasteiger partial charge is 0.261 e. The molecular formula is C23H29NO4. The molecular weight excluding hydrogens is 354 g/mol. The number of ether oxygens (including phenoxy) is 3. The molecule has 28 heavy (non-hydrogen) atoms. The van der Waals surface area contributed by atoms with E-state index in [9.17, 15) is 4.79 Å². The fourth-order valence-electron chi connectivity index (χ4n) is 3.53. The Morgan fingerprint density at radius 3 is 2.71 bits per heavy atom. The molecule has 0 spiro atoms. The first-order valence-corrected chi connectivity index (χ1v) is 9.72. The molecule has 0 saturated carbocycles. The molecule has 1 aliphatic heterocycles. The molecule has 0 saturated heterocycles. The van der Waals surface area contributed by atoms with Gasteiger partial charge in [0.25, 0.3) is 5.91 Å². The number of methoxy groups -OCH3 is 1. The van der Waals surface area contributed by atoms with Gasteiger partial charge in [-0.1, -0.05) is 30.7 Å². The van der Waals surface area contributed by atoms with Crippen molar-refractivity contribution >= 4 is 5.91 Å². The molecule has 0 aromatic heterocycles. The van der Waals surface area contributed by atoms with Gasteiger partial charge in [-0.25, -0.2) is 0 Å². The van der Waals surface area contributed by atoms with E-state index < -0.39 is 6.10 Å². The fraction of sp³-hybridized carbons (Fsp3) is 0.435. The first-order valence-electron chi connectivity index (χ1n) is 9.72. The molecule has 1 N–H and O–H groups in total. The third kappa shape index (κ3) is 4.58. The van der Waals surface area contributed by atoms with E-state index in [0.717, 1.165) is 16.9 Å². The summed E-state index contributed by atoms with van der Waals surface area (Å²) in [5.74, 6) is 2.02. The lowest BCUT2D eigenvalue weighted by atomic mass is 9.88. The number of fused-ring (bicyclic) bond motifs is 1. The van der Waals surface area contributed by atoms with Crippen molar-refractivity contribution in [2.24, 2.45) is 0 Å². The third-order valence-corrected chi connectivity index (χ3v) is 4.92. The molecule has 0 radical (unpaired) electrons. The van der Waals surface area contributed by atoms with Crippen LogP contribution in [-0.2, 0) is 4.79 Å². The van der Waals surface area contributed by atoms with Gasteiger partial charge in [0, 0.05) is 18.1 Å². The Balaban J connectivity index is 1.77. The molecule has 2 aromatic carbocycles. The van der Waals surface area contributed by atoms with Crippen molar-refractivity contribution in [1.29, 1.82) is 0 Å². The predicted octanol–water partition coefficient (Wildman–Crippen LogP) is 4.58. The highest BCUT2D eigenvalue weighted by Crippen LogP contribution is 2.40. The highest BCUT2D eigenvalue weighted by Gasteiger charge is 2.35. The van der Waals surface area contributed by atoms with E-state index in [2.05, 4.69) is 11.4 Å². The second kappa shape index (κ2) is 8.13. The van der Waals surface area contributed by atoms with Crippen molar-refractivity contribution in [3.05, 3.63) is 53.6 Å². The van der Waals surface area contributed by atoms with E-state index >= 15 is 0 Å². The highest BCUT2D eigenvalue weighted by atomic mass is 16.5. The second-order valence-electron chi connectivity index (χ2n) is 7.86. The Bertz CT molecular complexity index is 846. The van der Waals surface area contributed by atoms with Crippen molar-refractivity contribution < 1.29 is 19.0 Å². The van der Waals surface area contributed by atoms with Crippen LogP contribution in [-0.4, -0.2) is 24.7 Å². The number of aryl methyl sites for hydroxylation is 1. The summed E-state index contributed by atoms with van der Waals surface area (Å²) < 4.78 is 17.3. The third-order valence-electron chi connectivity index (χ3n) is 4.92. The van der Waals surface area contributed by atoms with Gasteiger partial charge in [0.1, 0.15) is 22.8 Å². The van der Waals surface area contributed by atoms with Gasteiger partial charge in [-0.15, -0.1) is 0 Å². The molecule has 2 atom stereocenters. The fourth-order valence-corrected chi connectivity index (χ4v) is 3.53. The highest BCUT2D eigenvalue weighted by molar-refractivity contribution is 5.81. The van der Waals surface area contributed by atoms with Crippen LogP contribution in [0, 0.1) is 6.92 Å². The average Bonchev–Trinajstić information content (AvgIpc) is 2.66. The molecule has 1 aliphatic rings. The van der Waals surface area contributed by atoms with Crippen LogP contribution in [0.3, 0.4) is 0 Å². The summed E-state index contributed by atoms with van der Waals surface area (Å²) in [6.07, 6.45) is 0.688. The van der Waals surface area contributed by atoms with Crippen LogP contribution in [0.1, 0.15) is 50.8 Å². The molecule has 5 nitrogen and oxygen atoms in total. The topological polar surface area (TPSA) is 56.8 Å². The van der Waals surface area contributed by atoms with Crippen molar-refractivity contribution in [2.45, 2.75) is 58.3 Å². The first kappa shape index (κ1) is 20.1. The number of amides is 1. The Morgan fingerprint density at radius 2 is 2.00 bits per heavy atom. The molecule has 2 aromatic rings. The minimum Gasteiger partial charge on any atom is -0.497 e. The molecule has 0 aliphatic carbocycles. The normalized spacial score (nSPS) is 18.4. The average molecular weight is 383 g/mol. The van der Waals surface area contributed by atoms with Crippen LogP contribution in [0.2, 0.25) is 0 Å². The SMILES string of the molecule is CC[C@H](Oc1cccc(OC)c1)C(=O)N[C@H]1CC(C)(C)Oc2ccc(C)cc21. The minimum absolute atomic E-state index is 0.117. The Morgan fingerprint density at radius 1 is 1.25 bits per heavy atom. The van der Waals surface area contributed by atoms with E-state index in [0.29, 0.717) is 24.3 Å². The summed E-state index contributed by atoms with van der Waals surface area (Å²) in [4.78, 5) is 13.0. The minimum atomic E-state index is -0.577. The van der Waals surface area contributed by atoms with Gasteiger partial charge in [-0.3, -0.25) is 4.79 Å². The number of hydrogen-bond donors (Lipinski definition) is 1. The number of benzene rings is 2. The molecule has 5 heteroatoms. The van der Waals surface area contributed by atoms with Crippen LogP contribution in [0.25, 0.3) is 0 Å². The van der Waals surface area contributed by atoms with E-state index in [1.54, 1.807) is 13.2 Å². The molecule has 0 fully saturated rings. The zero-order chi connectivity index (χ0) is 20.3. The number of carbonyl (C=O) groups is 1. The summed E-state index contributed by atoms with van der Waals surface area (Å²) in [6.45, 7) is 8.06. The summed E-state index contributed by atoms with van der Waals surface area (Å²) >= 11 is 0. The van der Waals surface area contributed by atoms with Gasteiger partial charge in [0.15, 0.2) is 6.10 Å². The lowest BCUT2D eigenvalue weighted by Gasteiger charge is -2.38. The maximum atomic E-state index is 13.0. The quantitative estimate of drug-likeness (QED) is 0.793. The van der Waals surface area contributed by atoms with Gasteiger partial charge >= 0.3 is 0 Å². The Kier molecular flexibility index (Phi) is 5.82. The summed E-state index contributed by atoms with van der Waals surface area (Å²) in [7, 11) is 1.61. The molecule has 0 bridgehead atoms. The number of nitrogens with one attached hydrogen (secondary N) is 1. The van der Waals surface area contributed by atoms with Crippen LogP contribution < -0.4 is 19.5 Å². The second-order valence-corrected chi connectivity index (χ2v) is 7.86. The molecule has 1 heterocycles. The van der Waals surface area contributed by atoms with E-state index in [1.807, 2.05) is 58.0 Å². The number of rotatable bonds is 6. The Hall–Kier alpha value is -2.69. The van der Waals surface area contributed by atoms with Crippen molar-refractivity contribution in [2.75, 3.05) is 7.11 Å². The monoisotopic (exact) mass is 383 g/mol. The van der Waals surface area contributed by atoms with Crippen LogP contribution in [0.5, 0.6) is 17.2 Å². The summed E-state index contributed by atoms with van der Waals surface area (Å²) in [5, 5.41) is 3.18. The van der Waals surface area contributed by atoms with Gasteiger partial charge in [-0.2, -0.15) is 0 Å². The first-order chi connectivity index (χ1) is 13.3. The molecule has 150 valence electrons. The molecule has 1 amide bonds. The van der Waals surface area contributed by atoms with E-state index in [4.69, 9.17) is 14.2 Å². The van der Waals surface area contributed by atoms with Crippen molar-refractivity contribution in [1.82, 2.24) is 5.32 Å². The Labute approximate surface area is 167 Å². The number of hydrogen-bond acceptors (Lipinski definition) is 4. The number of carbonyl (C=O) groups excluding carboxylic acids is 1. The molecule has 3 rings (SSSR count). The summed E-state index contributed by atoms with van der Waals surface area (Å²) in [5.41, 5.74) is 1.81.